The minimum atomic E-state index is -3.99. The summed E-state index contributed by atoms with van der Waals surface area (Å²) in [6.45, 7) is 11.9. The van der Waals surface area contributed by atoms with Gasteiger partial charge in [0.1, 0.15) is 6.54 Å². The molecule has 0 saturated heterocycles. The van der Waals surface area contributed by atoms with Gasteiger partial charge in [-0.15, -0.1) is 0 Å². The van der Waals surface area contributed by atoms with Gasteiger partial charge in [-0.05, 0) is 92.8 Å². The summed E-state index contributed by atoms with van der Waals surface area (Å²) in [6, 6.07) is 23.7. The average molecular weight is 557 g/mol. The summed E-state index contributed by atoms with van der Waals surface area (Å²) < 4.78 is 30.4. The summed E-state index contributed by atoms with van der Waals surface area (Å²) in [5, 5.41) is 4.17. The van der Waals surface area contributed by atoms with Crippen molar-refractivity contribution < 1.29 is 13.2 Å². The summed E-state index contributed by atoms with van der Waals surface area (Å²) in [6.07, 6.45) is 1.59. The molecule has 208 valence electrons. The highest BCUT2D eigenvalue weighted by Crippen LogP contribution is 2.26. The van der Waals surface area contributed by atoms with Crippen LogP contribution < -0.4 is 9.73 Å². The van der Waals surface area contributed by atoms with Crippen LogP contribution in [-0.4, -0.2) is 31.7 Å². The first kappa shape index (κ1) is 28.8. The highest BCUT2D eigenvalue weighted by atomic mass is 32.2. The molecule has 0 aliphatic heterocycles. The summed E-state index contributed by atoms with van der Waals surface area (Å²) in [7, 11) is -3.99. The first-order valence-corrected chi connectivity index (χ1v) is 14.7. The Bertz CT molecular complexity index is 1620. The van der Waals surface area contributed by atoms with Crippen LogP contribution in [0.2, 0.25) is 0 Å². The van der Waals surface area contributed by atoms with E-state index in [4.69, 9.17) is 0 Å². The molecule has 4 rings (SSSR count). The molecular weight excluding hydrogens is 520 g/mol. The number of aromatic nitrogens is 1. The van der Waals surface area contributed by atoms with Gasteiger partial charge in [0.2, 0.25) is 0 Å². The highest BCUT2D eigenvalue weighted by molar-refractivity contribution is 7.92. The van der Waals surface area contributed by atoms with Gasteiger partial charge < -0.3 is 4.57 Å². The molecule has 7 nitrogen and oxygen atoms in total. The SMILES string of the molecule is Cc1cc(C)cc(-n2c(C)cc(/C=N/NC(=O)CN(c3ccc(C(C)C)cc3)S(=O)(=O)c3ccccc3)c2C)c1. The molecule has 0 saturated carbocycles. The Morgan fingerprint density at radius 2 is 1.55 bits per heavy atom. The maximum absolute atomic E-state index is 13.6. The van der Waals surface area contributed by atoms with Crippen molar-refractivity contribution >= 4 is 27.8 Å². The number of hydrogen-bond acceptors (Lipinski definition) is 4. The molecule has 3 aromatic carbocycles. The Morgan fingerprint density at radius 3 is 2.15 bits per heavy atom. The molecule has 1 aromatic heterocycles. The van der Waals surface area contributed by atoms with Gasteiger partial charge >= 0.3 is 0 Å². The van der Waals surface area contributed by atoms with Crippen molar-refractivity contribution in [2.45, 2.75) is 52.4 Å². The van der Waals surface area contributed by atoms with E-state index in [0.717, 1.165) is 32.5 Å². The monoisotopic (exact) mass is 556 g/mol. The Labute approximate surface area is 237 Å². The van der Waals surface area contributed by atoms with Gasteiger partial charge in [0.05, 0.1) is 16.8 Å². The molecule has 0 bridgehead atoms. The number of carbonyl (C=O) groups is 1. The van der Waals surface area contributed by atoms with Crippen molar-refractivity contribution in [3.05, 3.63) is 113 Å². The first-order chi connectivity index (χ1) is 19.0. The summed E-state index contributed by atoms with van der Waals surface area (Å²) in [4.78, 5) is 13.1. The number of aryl methyl sites for hydroxylation is 3. The van der Waals surface area contributed by atoms with E-state index in [-0.39, 0.29) is 4.90 Å². The van der Waals surface area contributed by atoms with Crippen molar-refractivity contribution in [1.29, 1.82) is 0 Å². The minimum absolute atomic E-state index is 0.109. The van der Waals surface area contributed by atoms with Gasteiger partial charge in [-0.2, -0.15) is 5.10 Å². The zero-order valence-corrected chi connectivity index (χ0v) is 24.7. The van der Waals surface area contributed by atoms with Gasteiger partial charge in [-0.25, -0.2) is 13.8 Å². The van der Waals surface area contributed by atoms with Crippen molar-refractivity contribution in [3.63, 3.8) is 0 Å². The van der Waals surface area contributed by atoms with Gasteiger partial charge in [0, 0.05) is 22.6 Å². The lowest BCUT2D eigenvalue weighted by Gasteiger charge is -2.24. The number of amides is 1. The number of hydrogen-bond donors (Lipinski definition) is 1. The Morgan fingerprint density at radius 1 is 0.925 bits per heavy atom. The average Bonchev–Trinajstić information content (AvgIpc) is 3.19. The van der Waals surface area contributed by atoms with E-state index >= 15 is 0 Å². The second-order valence-corrected chi connectivity index (χ2v) is 12.2. The smallest absolute Gasteiger partial charge is 0.264 e. The number of rotatable bonds is 9. The summed E-state index contributed by atoms with van der Waals surface area (Å²) >= 11 is 0. The summed E-state index contributed by atoms with van der Waals surface area (Å²) in [5.41, 5.74) is 10.3. The number of anilines is 1. The van der Waals surface area contributed by atoms with Gasteiger partial charge in [0.25, 0.3) is 15.9 Å². The molecule has 0 unspecified atom stereocenters. The number of sulfonamides is 1. The predicted molar refractivity (Wildman–Crippen MR) is 162 cm³/mol. The highest BCUT2D eigenvalue weighted by Gasteiger charge is 2.27. The number of hydrazone groups is 1. The van der Waals surface area contributed by atoms with Crippen LogP contribution in [0.3, 0.4) is 0 Å². The van der Waals surface area contributed by atoms with Crippen molar-refractivity contribution in [2.24, 2.45) is 5.10 Å². The van der Waals surface area contributed by atoms with Crippen LogP contribution >= 0.6 is 0 Å². The Hall–Kier alpha value is -4.17. The molecule has 4 aromatic rings. The standard InChI is InChI=1S/C32H36N4O3S/c1-22(2)27-12-14-29(15-13-27)35(40(38,39)31-10-8-7-9-11-31)21-32(37)34-33-20-28-19-25(5)36(26(28)6)30-17-23(3)16-24(4)18-30/h7-20,22H,21H2,1-6H3,(H,34,37)/b33-20+. The molecule has 0 atom stereocenters. The van der Waals surface area contributed by atoms with Crippen molar-refractivity contribution in [3.8, 4) is 5.69 Å². The minimum Gasteiger partial charge on any atom is -0.318 e. The lowest BCUT2D eigenvalue weighted by molar-refractivity contribution is -0.119. The third-order valence-corrected chi connectivity index (χ3v) is 8.58. The maximum Gasteiger partial charge on any atom is 0.264 e. The van der Waals surface area contributed by atoms with Gasteiger partial charge in [-0.1, -0.05) is 50.2 Å². The van der Waals surface area contributed by atoms with E-state index in [1.54, 1.807) is 36.5 Å². The fourth-order valence-corrected chi connectivity index (χ4v) is 6.24. The first-order valence-electron chi connectivity index (χ1n) is 13.2. The third-order valence-electron chi connectivity index (χ3n) is 6.79. The quantitative estimate of drug-likeness (QED) is 0.197. The van der Waals surface area contributed by atoms with Crippen molar-refractivity contribution in [1.82, 2.24) is 9.99 Å². The number of benzene rings is 3. The van der Waals surface area contributed by atoms with E-state index < -0.39 is 22.5 Å². The van der Waals surface area contributed by atoms with E-state index in [0.29, 0.717) is 11.6 Å². The lowest BCUT2D eigenvalue weighted by atomic mass is 10.0. The van der Waals surface area contributed by atoms with Crippen LogP contribution in [0.4, 0.5) is 5.69 Å². The van der Waals surface area contributed by atoms with Crippen LogP contribution in [0, 0.1) is 27.7 Å². The fourth-order valence-electron chi connectivity index (χ4n) is 4.80. The summed E-state index contributed by atoms with van der Waals surface area (Å²) in [5.74, 6) is -0.255. The molecule has 0 radical (unpaired) electrons. The topological polar surface area (TPSA) is 83.8 Å². The molecular formula is C32H36N4O3S. The largest absolute Gasteiger partial charge is 0.318 e. The second-order valence-electron chi connectivity index (χ2n) is 10.4. The fraction of sp³-hybridized carbons (Fsp3) is 0.250. The van der Waals surface area contributed by atoms with E-state index in [9.17, 15) is 13.2 Å². The normalized spacial score (nSPS) is 11.8. The van der Waals surface area contributed by atoms with Crippen LogP contribution in [0.5, 0.6) is 0 Å². The van der Waals surface area contributed by atoms with Crippen LogP contribution in [0.15, 0.2) is 88.9 Å². The predicted octanol–water partition coefficient (Wildman–Crippen LogP) is 6.18. The van der Waals surface area contributed by atoms with Gasteiger partial charge in [-0.3, -0.25) is 9.10 Å². The lowest BCUT2D eigenvalue weighted by Crippen LogP contribution is -2.39. The van der Waals surface area contributed by atoms with E-state index in [2.05, 4.69) is 61.0 Å². The molecule has 0 fully saturated rings. The van der Waals surface area contributed by atoms with Gasteiger partial charge in [0.15, 0.2) is 0 Å². The molecule has 40 heavy (non-hydrogen) atoms. The molecule has 0 spiro atoms. The number of nitrogens with zero attached hydrogens (tertiary/aromatic N) is 3. The zero-order chi connectivity index (χ0) is 29.0. The van der Waals surface area contributed by atoms with Crippen LogP contribution in [-0.2, 0) is 14.8 Å². The van der Waals surface area contributed by atoms with Crippen molar-refractivity contribution in [2.75, 3.05) is 10.8 Å². The number of nitrogens with one attached hydrogen (secondary N) is 1. The number of carbonyl (C=O) groups excluding carboxylic acids is 1. The molecule has 1 amide bonds. The second kappa shape index (κ2) is 11.9. The Kier molecular flexibility index (Phi) is 8.59. The van der Waals surface area contributed by atoms with E-state index in [1.807, 2.05) is 32.0 Å². The Balaban J connectivity index is 1.56. The van der Waals surface area contributed by atoms with E-state index in [1.165, 1.54) is 23.3 Å². The molecule has 0 aliphatic carbocycles. The maximum atomic E-state index is 13.6. The van der Waals surface area contributed by atoms with Crippen LogP contribution in [0.1, 0.15) is 53.4 Å². The zero-order valence-electron chi connectivity index (χ0n) is 23.8. The third kappa shape index (κ3) is 6.34. The van der Waals surface area contributed by atoms with Crippen LogP contribution in [0.25, 0.3) is 5.69 Å². The molecule has 8 heteroatoms. The molecule has 1 heterocycles. The molecule has 0 aliphatic rings. The molecule has 1 N–H and O–H groups in total.